The number of anilines is 1. The average Bonchev–Trinajstić information content (AvgIpc) is 2.04. The molecule has 1 aromatic carbocycles. The number of halogens is 1. The van der Waals surface area contributed by atoms with Crippen molar-refractivity contribution in [2.45, 2.75) is 13.3 Å². The maximum atomic E-state index is 11.1. The molecule has 0 radical (unpaired) electrons. The van der Waals surface area contributed by atoms with Crippen molar-refractivity contribution in [3.8, 4) is 0 Å². The predicted octanol–water partition coefficient (Wildman–Crippen LogP) is 2.75. The summed E-state index contributed by atoms with van der Waals surface area (Å²) in [7, 11) is 0. The summed E-state index contributed by atoms with van der Waals surface area (Å²) < 4.78 is 0. The van der Waals surface area contributed by atoms with E-state index in [2.05, 4.69) is 4.90 Å². The minimum absolute atomic E-state index is 0.0575. The third kappa shape index (κ3) is 1.62. The largest absolute Gasteiger partial charge is 0.370 e. The lowest BCUT2D eigenvalue weighted by Gasteiger charge is -2.33. The van der Waals surface area contributed by atoms with Crippen LogP contribution in [0.15, 0.2) is 18.2 Å². The first-order valence-corrected chi connectivity index (χ1v) is 5.12. The van der Waals surface area contributed by atoms with E-state index in [0.717, 1.165) is 18.8 Å². The van der Waals surface area contributed by atoms with Crippen LogP contribution in [0.3, 0.4) is 0 Å². The highest BCUT2D eigenvalue weighted by Crippen LogP contribution is 2.29. The molecule has 1 aliphatic heterocycles. The van der Waals surface area contributed by atoms with Crippen LogP contribution >= 0.6 is 11.6 Å². The number of hydrogen-bond donors (Lipinski definition) is 0. The van der Waals surface area contributed by atoms with Crippen molar-refractivity contribution in [2.75, 3.05) is 18.0 Å². The Morgan fingerprint density at radius 1 is 1.43 bits per heavy atom. The Labute approximate surface area is 88.5 Å². The van der Waals surface area contributed by atoms with Crippen molar-refractivity contribution in [1.82, 2.24) is 0 Å². The van der Waals surface area contributed by atoms with E-state index in [1.165, 1.54) is 6.42 Å². The number of Topliss-reactive ketones (excluding diaryl/α,β-unsaturated/α-hetero) is 1. The summed E-state index contributed by atoms with van der Waals surface area (Å²) in [6.07, 6.45) is 1.23. The fraction of sp³-hybridized carbons (Fsp3) is 0.364. The van der Waals surface area contributed by atoms with E-state index in [0.29, 0.717) is 10.6 Å². The van der Waals surface area contributed by atoms with Crippen LogP contribution in [0.2, 0.25) is 5.02 Å². The molecular formula is C11H12ClNO. The van der Waals surface area contributed by atoms with Crippen LogP contribution in [0.4, 0.5) is 5.69 Å². The van der Waals surface area contributed by atoms with Crippen molar-refractivity contribution >= 4 is 23.1 Å². The number of nitrogens with zero attached hydrogens (tertiary/aromatic N) is 1. The summed E-state index contributed by atoms with van der Waals surface area (Å²) in [6.45, 7) is 3.69. The maximum absolute atomic E-state index is 11.1. The van der Waals surface area contributed by atoms with Gasteiger partial charge in [-0.05, 0) is 31.5 Å². The molecule has 1 saturated heterocycles. The molecule has 2 rings (SSSR count). The zero-order chi connectivity index (χ0) is 10.1. The van der Waals surface area contributed by atoms with E-state index in [4.69, 9.17) is 11.6 Å². The van der Waals surface area contributed by atoms with Crippen LogP contribution in [-0.4, -0.2) is 18.9 Å². The van der Waals surface area contributed by atoms with Gasteiger partial charge in [-0.1, -0.05) is 11.6 Å². The summed E-state index contributed by atoms with van der Waals surface area (Å²) in [5, 5.41) is 0.678. The molecule has 1 aliphatic rings. The van der Waals surface area contributed by atoms with Crippen molar-refractivity contribution < 1.29 is 4.79 Å². The van der Waals surface area contributed by atoms with Crippen LogP contribution < -0.4 is 4.90 Å². The number of hydrogen-bond acceptors (Lipinski definition) is 2. The highest BCUT2D eigenvalue weighted by molar-refractivity contribution is 6.33. The molecule has 74 valence electrons. The van der Waals surface area contributed by atoms with E-state index in [9.17, 15) is 4.79 Å². The van der Waals surface area contributed by atoms with E-state index in [1.54, 1.807) is 13.0 Å². The maximum Gasteiger partial charge on any atom is 0.159 e. The summed E-state index contributed by atoms with van der Waals surface area (Å²) in [5.74, 6) is 0.0575. The molecule has 0 atom stereocenters. The second-order valence-corrected chi connectivity index (χ2v) is 3.97. The van der Waals surface area contributed by atoms with E-state index >= 15 is 0 Å². The van der Waals surface area contributed by atoms with Gasteiger partial charge in [0, 0.05) is 18.7 Å². The molecule has 0 aliphatic carbocycles. The topological polar surface area (TPSA) is 20.3 Å². The first kappa shape index (κ1) is 9.53. The smallest absolute Gasteiger partial charge is 0.159 e. The van der Waals surface area contributed by atoms with Gasteiger partial charge in [0.25, 0.3) is 0 Å². The van der Waals surface area contributed by atoms with Crippen molar-refractivity contribution in [1.29, 1.82) is 0 Å². The first-order valence-electron chi connectivity index (χ1n) is 4.74. The van der Waals surface area contributed by atoms with Gasteiger partial charge in [0.1, 0.15) is 0 Å². The minimum Gasteiger partial charge on any atom is -0.370 e. The fourth-order valence-electron chi connectivity index (χ4n) is 1.54. The normalized spacial score (nSPS) is 15.1. The van der Waals surface area contributed by atoms with Crippen molar-refractivity contribution in [3.05, 3.63) is 28.8 Å². The molecule has 1 fully saturated rings. The number of carbonyl (C=O) groups is 1. The SMILES string of the molecule is CC(=O)c1ccc(N2CCC2)c(Cl)c1. The quantitative estimate of drug-likeness (QED) is 0.699. The molecule has 1 aromatic rings. The zero-order valence-corrected chi connectivity index (χ0v) is 8.84. The summed E-state index contributed by atoms with van der Waals surface area (Å²) in [5.41, 5.74) is 1.72. The Bertz CT molecular complexity index is 372. The Hall–Kier alpha value is -1.02. The molecule has 0 N–H and O–H groups in total. The van der Waals surface area contributed by atoms with E-state index in [-0.39, 0.29) is 5.78 Å². The predicted molar refractivity (Wildman–Crippen MR) is 58.3 cm³/mol. The lowest BCUT2D eigenvalue weighted by molar-refractivity contribution is 0.101. The molecular weight excluding hydrogens is 198 g/mol. The monoisotopic (exact) mass is 209 g/mol. The second kappa shape index (κ2) is 3.62. The molecule has 1 heterocycles. The minimum atomic E-state index is 0.0575. The zero-order valence-electron chi connectivity index (χ0n) is 8.09. The molecule has 0 aromatic heterocycles. The van der Waals surface area contributed by atoms with Crippen LogP contribution in [0.5, 0.6) is 0 Å². The van der Waals surface area contributed by atoms with Crippen LogP contribution in [0, 0.1) is 0 Å². The number of carbonyl (C=O) groups excluding carboxylic acids is 1. The van der Waals surface area contributed by atoms with Gasteiger partial charge in [-0.25, -0.2) is 0 Å². The molecule has 0 amide bonds. The molecule has 3 heteroatoms. The van der Waals surface area contributed by atoms with Crippen molar-refractivity contribution in [3.63, 3.8) is 0 Å². The van der Waals surface area contributed by atoms with Crippen molar-refractivity contribution in [2.24, 2.45) is 0 Å². The molecule has 14 heavy (non-hydrogen) atoms. The molecule has 0 bridgehead atoms. The number of ketones is 1. The Balaban J connectivity index is 2.30. The van der Waals surface area contributed by atoms with Crippen LogP contribution in [0.25, 0.3) is 0 Å². The molecule has 0 saturated carbocycles. The van der Waals surface area contributed by atoms with E-state index in [1.807, 2.05) is 12.1 Å². The summed E-state index contributed by atoms with van der Waals surface area (Å²) >= 11 is 6.09. The highest BCUT2D eigenvalue weighted by atomic mass is 35.5. The van der Waals surface area contributed by atoms with Gasteiger partial charge in [0.2, 0.25) is 0 Å². The second-order valence-electron chi connectivity index (χ2n) is 3.56. The van der Waals surface area contributed by atoms with Gasteiger partial charge in [0.05, 0.1) is 10.7 Å². The van der Waals surface area contributed by atoms with E-state index < -0.39 is 0 Å². The highest BCUT2D eigenvalue weighted by Gasteiger charge is 2.17. The lowest BCUT2D eigenvalue weighted by Crippen LogP contribution is -2.37. The number of rotatable bonds is 2. The fourth-order valence-corrected chi connectivity index (χ4v) is 1.84. The van der Waals surface area contributed by atoms with Crippen LogP contribution in [0.1, 0.15) is 23.7 Å². The third-order valence-electron chi connectivity index (χ3n) is 2.55. The molecule has 0 unspecified atom stereocenters. The standard InChI is InChI=1S/C11H12ClNO/c1-8(14)9-3-4-11(10(12)7-9)13-5-2-6-13/h3-4,7H,2,5-6H2,1H3. The molecule has 0 spiro atoms. The first-order chi connectivity index (χ1) is 6.68. The van der Waals surface area contributed by atoms with Gasteiger partial charge >= 0.3 is 0 Å². The van der Waals surface area contributed by atoms with Gasteiger partial charge < -0.3 is 4.90 Å². The Morgan fingerprint density at radius 3 is 2.57 bits per heavy atom. The van der Waals surface area contributed by atoms with Gasteiger partial charge in [0.15, 0.2) is 5.78 Å². The summed E-state index contributed by atoms with van der Waals surface area (Å²) in [6, 6.07) is 5.51. The Morgan fingerprint density at radius 2 is 2.14 bits per heavy atom. The van der Waals surface area contributed by atoms with Gasteiger partial charge in [-0.3, -0.25) is 4.79 Å². The Kier molecular flexibility index (Phi) is 2.46. The average molecular weight is 210 g/mol. The van der Waals surface area contributed by atoms with Gasteiger partial charge in [-0.15, -0.1) is 0 Å². The summed E-state index contributed by atoms with van der Waals surface area (Å²) in [4.78, 5) is 13.3. The van der Waals surface area contributed by atoms with Crippen LogP contribution in [-0.2, 0) is 0 Å². The van der Waals surface area contributed by atoms with Gasteiger partial charge in [-0.2, -0.15) is 0 Å². The lowest BCUT2D eigenvalue weighted by atomic mass is 10.1. The number of benzene rings is 1. The molecule has 2 nitrogen and oxygen atoms in total. The third-order valence-corrected chi connectivity index (χ3v) is 2.85.